The summed E-state index contributed by atoms with van der Waals surface area (Å²) in [6.07, 6.45) is 0.912. The van der Waals surface area contributed by atoms with Crippen LogP contribution < -0.4 is 10.4 Å². The second kappa shape index (κ2) is 7.47. The van der Waals surface area contributed by atoms with Crippen molar-refractivity contribution < 1.29 is 19.3 Å². The molecule has 1 atom stereocenters. The highest BCUT2D eigenvalue weighted by molar-refractivity contribution is 7.09. The average molecular weight is 358 g/mol. The monoisotopic (exact) mass is 358 g/mol. The lowest BCUT2D eigenvalue weighted by Gasteiger charge is -2.28. The molecule has 6 nitrogen and oxygen atoms in total. The highest BCUT2D eigenvalue weighted by Crippen LogP contribution is 2.36. The van der Waals surface area contributed by atoms with E-state index >= 15 is 0 Å². The number of ketones is 2. The summed E-state index contributed by atoms with van der Waals surface area (Å²) in [5, 5.41) is 12.9. The number of carbonyl (C=O) groups excluding carboxylic acids is 2. The van der Waals surface area contributed by atoms with Crippen molar-refractivity contribution in [2.24, 2.45) is 5.73 Å². The minimum atomic E-state index is -1.10. The molecule has 130 valence electrons. The second-order valence-electron chi connectivity index (χ2n) is 6.18. The van der Waals surface area contributed by atoms with Gasteiger partial charge in [-0.15, -0.1) is 11.3 Å². The number of hydrogen-bond acceptors (Lipinski definition) is 7. The minimum absolute atomic E-state index is 0.00676. The molecule has 0 bridgehead atoms. The molecule has 2 aromatic rings. The van der Waals surface area contributed by atoms with Crippen molar-refractivity contribution in [1.82, 2.24) is 4.98 Å². The molecule has 0 radical (unpaired) electrons. The Morgan fingerprint density at radius 2 is 2.28 bits per heavy atom. The SMILES string of the molecule is CC(=O)c1cccc2c1OB(O)[C@@H](CC(=O)Cc1csc(CN)n1)C2. The van der Waals surface area contributed by atoms with E-state index in [4.69, 9.17) is 10.4 Å². The van der Waals surface area contributed by atoms with E-state index in [1.807, 2.05) is 11.4 Å². The van der Waals surface area contributed by atoms with Crippen LogP contribution in [0.3, 0.4) is 0 Å². The lowest BCUT2D eigenvalue weighted by Crippen LogP contribution is -2.36. The Balaban J connectivity index is 1.68. The van der Waals surface area contributed by atoms with Gasteiger partial charge in [0.1, 0.15) is 16.5 Å². The van der Waals surface area contributed by atoms with Crippen LogP contribution in [0.1, 0.15) is 40.0 Å². The Hall–Kier alpha value is -2.03. The van der Waals surface area contributed by atoms with Gasteiger partial charge in [-0.1, -0.05) is 12.1 Å². The summed E-state index contributed by atoms with van der Waals surface area (Å²) in [5.74, 6) is -0.0291. The zero-order chi connectivity index (χ0) is 18.0. The fraction of sp³-hybridized carbons (Fsp3) is 0.353. The standard InChI is InChI=1S/C17H19BN2O4S/c1-10(21)15-4-2-3-11-5-12(18(23)24-17(11)15)6-14(22)7-13-9-25-16(8-19)20-13/h2-4,9,12,23H,5-8,19H2,1H3/t12-/m1/s1. The molecule has 3 rings (SSSR count). The Morgan fingerprint density at radius 1 is 1.48 bits per heavy atom. The third kappa shape index (κ3) is 3.97. The first-order valence-electron chi connectivity index (χ1n) is 8.10. The number of hydrogen-bond donors (Lipinski definition) is 2. The Labute approximate surface area is 150 Å². The first-order chi connectivity index (χ1) is 12.0. The number of Topliss-reactive ketones (excluding diaryl/α,β-unsaturated/α-hetero) is 2. The molecular weight excluding hydrogens is 339 g/mol. The summed E-state index contributed by atoms with van der Waals surface area (Å²) in [4.78, 5) is 28.3. The average Bonchev–Trinajstić information content (AvgIpc) is 3.02. The number of rotatable bonds is 6. The van der Waals surface area contributed by atoms with Crippen molar-refractivity contribution in [3.05, 3.63) is 45.4 Å². The van der Waals surface area contributed by atoms with E-state index in [0.29, 0.717) is 30.0 Å². The second-order valence-corrected chi connectivity index (χ2v) is 7.12. The number of aromatic nitrogens is 1. The molecule has 2 heterocycles. The fourth-order valence-electron chi connectivity index (χ4n) is 3.03. The van der Waals surface area contributed by atoms with Crippen molar-refractivity contribution >= 4 is 30.0 Å². The van der Waals surface area contributed by atoms with Gasteiger partial charge >= 0.3 is 7.12 Å². The van der Waals surface area contributed by atoms with Gasteiger partial charge in [0.15, 0.2) is 5.78 Å². The predicted octanol–water partition coefficient (Wildman–Crippen LogP) is 1.79. The van der Waals surface area contributed by atoms with Crippen LogP contribution in [0.25, 0.3) is 0 Å². The zero-order valence-corrected chi connectivity index (χ0v) is 14.7. The van der Waals surface area contributed by atoms with Crippen LogP contribution in [0.15, 0.2) is 23.6 Å². The highest BCUT2D eigenvalue weighted by atomic mass is 32.1. The summed E-state index contributed by atoms with van der Waals surface area (Å²) < 4.78 is 5.56. The summed E-state index contributed by atoms with van der Waals surface area (Å²) in [5.41, 5.74) is 7.54. The highest BCUT2D eigenvalue weighted by Gasteiger charge is 2.37. The van der Waals surface area contributed by atoms with Crippen molar-refractivity contribution in [1.29, 1.82) is 0 Å². The molecule has 3 N–H and O–H groups in total. The topological polar surface area (TPSA) is 103 Å². The van der Waals surface area contributed by atoms with Crippen LogP contribution in [-0.4, -0.2) is 28.7 Å². The maximum atomic E-state index is 12.3. The van der Waals surface area contributed by atoms with Crippen molar-refractivity contribution in [2.75, 3.05) is 0 Å². The first-order valence-corrected chi connectivity index (χ1v) is 8.98. The third-order valence-corrected chi connectivity index (χ3v) is 5.16. The Bertz CT molecular complexity index is 808. The Morgan fingerprint density at radius 3 is 2.96 bits per heavy atom. The summed E-state index contributed by atoms with van der Waals surface area (Å²) in [6.45, 7) is 1.83. The lowest BCUT2D eigenvalue weighted by molar-refractivity contribution is -0.118. The van der Waals surface area contributed by atoms with E-state index in [9.17, 15) is 14.6 Å². The number of thiazole rings is 1. The molecule has 0 unspecified atom stereocenters. The number of fused-ring (bicyclic) bond motifs is 1. The molecule has 1 aromatic heterocycles. The molecule has 0 aliphatic carbocycles. The fourth-order valence-corrected chi connectivity index (χ4v) is 3.70. The Kier molecular flexibility index (Phi) is 5.31. The smallest absolute Gasteiger partial charge is 0.526 e. The van der Waals surface area contributed by atoms with Gasteiger partial charge in [0, 0.05) is 30.6 Å². The van der Waals surface area contributed by atoms with Gasteiger partial charge in [0.05, 0.1) is 11.3 Å². The summed E-state index contributed by atoms with van der Waals surface area (Å²) in [7, 11) is -1.10. The molecule has 1 aliphatic rings. The van der Waals surface area contributed by atoms with Gasteiger partial charge < -0.3 is 15.4 Å². The molecule has 0 amide bonds. The molecule has 0 spiro atoms. The van der Waals surface area contributed by atoms with Crippen LogP contribution in [-0.2, 0) is 24.2 Å². The van der Waals surface area contributed by atoms with E-state index in [2.05, 4.69) is 4.98 Å². The van der Waals surface area contributed by atoms with Gasteiger partial charge in [-0.2, -0.15) is 0 Å². The van der Waals surface area contributed by atoms with Crippen LogP contribution in [0, 0.1) is 0 Å². The summed E-state index contributed by atoms with van der Waals surface area (Å²) >= 11 is 1.44. The van der Waals surface area contributed by atoms with Crippen molar-refractivity contribution in [3.8, 4) is 5.75 Å². The van der Waals surface area contributed by atoms with E-state index < -0.39 is 7.12 Å². The largest absolute Gasteiger partial charge is 0.535 e. The molecule has 1 aliphatic heterocycles. The van der Waals surface area contributed by atoms with E-state index in [1.165, 1.54) is 18.3 Å². The molecule has 1 aromatic carbocycles. The van der Waals surface area contributed by atoms with Crippen LogP contribution in [0.5, 0.6) is 5.75 Å². The number of carbonyl (C=O) groups is 2. The quantitative estimate of drug-likeness (QED) is 0.603. The molecule has 8 heteroatoms. The maximum absolute atomic E-state index is 12.3. The molecule has 25 heavy (non-hydrogen) atoms. The predicted molar refractivity (Wildman–Crippen MR) is 95.8 cm³/mol. The maximum Gasteiger partial charge on any atom is 0.526 e. The van der Waals surface area contributed by atoms with E-state index in [-0.39, 0.29) is 30.2 Å². The summed E-state index contributed by atoms with van der Waals surface area (Å²) in [6, 6.07) is 5.33. The normalized spacial score (nSPS) is 16.3. The molecule has 0 saturated heterocycles. The van der Waals surface area contributed by atoms with Crippen LogP contribution in [0.2, 0.25) is 5.82 Å². The zero-order valence-electron chi connectivity index (χ0n) is 13.9. The molecule has 0 saturated carbocycles. The van der Waals surface area contributed by atoms with Gasteiger partial charge in [0.2, 0.25) is 0 Å². The van der Waals surface area contributed by atoms with Crippen LogP contribution >= 0.6 is 11.3 Å². The van der Waals surface area contributed by atoms with Gasteiger partial charge in [-0.3, -0.25) is 9.59 Å². The van der Waals surface area contributed by atoms with Crippen molar-refractivity contribution in [2.45, 2.75) is 38.5 Å². The number of nitrogens with zero attached hydrogens (tertiary/aromatic N) is 1. The molecule has 0 fully saturated rings. The lowest BCUT2D eigenvalue weighted by atomic mass is 9.64. The first kappa shape index (κ1) is 17.8. The van der Waals surface area contributed by atoms with E-state index in [1.54, 1.807) is 12.1 Å². The van der Waals surface area contributed by atoms with Gasteiger partial charge in [-0.25, -0.2) is 4.98 Å². The number of nitrogens with two attached hydrogens (primary N) is 1. The van der Waals surface area contributed by atoms with Crippen LogP contribution in [0.4, 0.5) is 0 Å². The molecular formula is C17H19BN2O4S. The number of para-hydroxylation sites is 1. The third-order valence-electron chi connectivity index (χ3n) is 4.24. The van der Waals surface area contributed by atoms with Gasteiger partial charge in [0.25, 0.3) is 0 Å². The number of benzene rings is 1. The van der Waals surface area contributed by atoms with Gasteiger partial charge in [-0.05, 0) is 25.0 Å². The van der Waals surface area contributed by atoms with Crippen molar-refractivity contribution in [3.63, 3.8) is 0 Å². The van der Waals surface area contributed by atoms with E-state index in [0.717, 1.165) is 10.6 Å². The minimum Gasteiger partial charge on any atom is -0.535 e.